The van der Waals surface area contributed by atoms with Crippen LogP contribution in [0, 0.1) is 0 Å². The summed E-state index contributed by atoms with van der Waals surface area (Å²) in [6.45, 7) is 6.73. The molecule has 17 heavy (non-hydrogen) atoms. The lowest BCUT2D eigenvalue weighted by molar-refractivity contribution is -0.889. The molecule has 0 radical (unpaired) electrons. The van der Waals surface area contributed by atoms with Gasteiger partial charge in [-0.2, -0.15) is 0 Å². The molecule has 0 aliphatic rings. The Labute approximate surface area is 103 Å². The second-order valence-electron chi connectivity index (χ2n) is 4.63. The van der Waals surface area contributed by atoms with E-state index in [2.05, 4.69) is 11.3 Å². The fraction of sp³-hybridized carbons (Fsp3) is 0.667. The van der Waals surface area contributed by atoms with Crippen LogP contribution in [0.3, 0.4) is 0 Å². The highest BCUT2D eigenvalue weighted by Gasteiger charge is 2.18. The molecule has 0 saturated carbocycles. The first kappa shape index (κ1) is 15.6. The van der Waals surface area contributed by atoms with Crippen LogP contribution in [0.4, 0.5) is 0 Å². The van der Waals surface area contributed by atoms with E-state index in [0.717, 1.165) is 0 Å². The number of hydrogen-bond donors (Lipinski definition) is 0. The van der Waals surface area contributed by atoms with E-state index in [-0.39, 0.29) is 11.9 Å². The summed E-state index contributed by atoms with van der Waals surface area (Å²) in [5.74, 6) is -0.604. The number of likely N-dealkylation sites (N-methyl/N-ethyl adjacent to an activating group) is 1. The lowest BCUT2D eigenvalue weighted by Crippen LogP contribution is -2.44. The Morgan fingerprint density at radius 2 is 1.82 bits per heavy atom. The zero-order valence-electron chi connectivity index (χ0n) is 11.1. The molecular weight excluding hydrogens is 222 g/mol. The van der Waals surface area contributed by atoms with Crippen LogP contribution in [0.2, 0.25) is 0 Å². The fourth-order valence-corrected chi connectivity index (χ4v) is 1.12. The number of carbonyl (C=O) groups excluding carboxylic acids is 2. The molecule has 0 unspecified atom stereocenters. The van der Waals surface area contributed by atoms with E-state index in [9.17, 15) is 9.59 Å². The van der Waals surface area contributed by atoms with E-state index in [1.807, 2.05) is 14.1 Å². The third-order valence-electron chi connectivity index (χ3n) is 2.43. The van der Waals surface area contributed by atoms with Gasteiger partial charge < -0.3 is 14.0 Å². The second-order valence-corrected chi connectivity index (χ2v) is 4.63. The van der Waals surface area contributed by atoms with Crippen molar-refractivity contribution in [2.45, 2.75) is 13.3 Å². The van der Waals surface area contributed by atoms with Gasteiger partial charge in [0.1, 0.15) is 13.2 Å². The van der Waals surface area contributed by atoms with Crippen molar-refractivity contribution < 1.29 is 23.5 Å². The van der Waals surface area contributed by atoms with Gasteiger partial charge in [-0.15, -0.1) is 0 Å². The van der Waals surface area contributed by atoms with E-state index in [0.29, 0.717) is 36.2 Å². The first-order valence-corrected chi connectivity index (χ1v) is 5.50. The normalized spacial score (nSPS) is 10.8. The van der Waals surface area contributed by atoms with Crippen LogP contribution >= 0.6 is 0 Å². The highest BCUT2D eigenvalue weighted by Crippen LogP contribution is 2.01. The highest BCUT2D eigenvalue weighted by molar-refractivity contribution is 5.86. The zero-order valence-corrected chi connectivity index (χ0v) is 11.1. The van der Waals surface area contributed by atoms with Crippen molar-refractivity contribution in [2.24, 2.45) is 0 Å². The number of nitrogens with zero attached hydrogens (tertiary/aromatic N) is 1. The van der Waals surface area contributed by atoms with Gasteiger partial charge in [0.15, 0.2) is 0 Å². The van der Waals surface area contributed by atoms with Crippen LogP contribution in [-0.2, 0) is 19.1 Å². The molecule has 0 amide bonds. The van der Waals surface area contributed by atoms with Crippen molar-refractivity contribution in [2.75, 3.05) is 40.9 Å². The van der Waals surface area contributed by atoms with Crippen LogP contribution in [0.1, 0.15) is 13.3 Å². The standard InChI is InChI=1S/C12H22NO4/c1-10(2)12(15)17-9-8-13(3,4)7-6-11(14)16-5/h1,6-9H2,2-5H3/q+1. The minimum absolute atomic E-state index is 0.227. The summed E-state index contributed by atoms with van der Waals surface area (Å²) in [4.78, 5) is 22.1. The Bertz CT molecular complexity index is 297. The maximum absolute atomic E-state index is 11.1. The molecule has 0 heterocycles. The Kier molecular flexibility index (Phi) is 6.50. The van der Waals surface area contributed by atoms with Gasteiger partial charge in [0.05, 0.1) is 34.2 Å². The third-order valence-corrected chi connectivity index (χ3v) is 2.43. The second kappa shape index (κ2) is 7.06. The van der Waals surface area contributed by atoms with Crippen molar-refractivity contribution in [1.82, 2.24) is 0 Å². The van der Waals surface area contributed by atoms with Crippen LogP contribution in [0.25, 0.3) is 0 Å². The molecule has 0 N–H and O–H groups in total. The molecule has 5 nitrogen and oxygen atoms in total. The van der Waals surface area contributed by atoms with Crippen molar-refractivity contribution in [3.05, 3.63) is 12.2 Å². The largest absolute Gasteiger partial charge is 0.469 e. The molecule has 0 rings (SSSR count). The average molecular weight is 244 g/mol. The number of hydrogen-bond acceptors (Lipinski definition) is 4. The molecule has 0 fully saturated rings. The Hall–Kier alpha value is -1.36. The van der Waals surface area contributed by atoms with Gasteiger partial charge in [-0.3, -0.25) is 4.79 Å². The topological polar surface area (TPSA) is 52.6 Å². The van der Waals surface area contributed by atoms with Gasteiger partial charge in [0.25, 0.3) is 0 Å². The van der Waals surface area contributed by atoms with E-state index < -0.39 is 0 Å². The highest BCUT2D eigenvalue weighted by atomic mass is 16.5. The predicted octanol–water partition coefficient (Wildman–Crippen LogP) is 0.745. The number of quaternary nitrogens is 1. The quantitative estimate of drug-likeness (QED) is 0.377. The molecule has 0 aromatic heterocycles. The molecule has 5 heteroatoms. The van der Waals surface area contributed by atoms with Crippen molar-refractivity contribution >= 4 is 11.9 Å². The maximum atomic E-state index is 11.1. The summed E-state index contributed by atoms with van der Waals surface area (Å²) in [5.41, 5.74) is 0.393. The lowest BCUT2D eigenvalue weighted by atomic mass is 10.3. The maximum Gasteiger partial charge on any atom is 0.333 e. The van der Waals surface area contributed by atoms with Crippen molar-refractivity contribution in [1.29, 1.82) is 0 Å². The first-order valence-electron chi connectivity index (χ1n) is 5.50. The van der Waals surface area contributed by atoms with E-state index in [4.69, 9.17) is 4.74 Å². The van der Waals surface area contributed by atoms with Crippen molar-refractivity contribution in [3.63, 3.8) is 0 Å². The van der Waals surface area contributed by atoms with Crippen LogP contribution in [0.15, 0.2) is 12.2 Å². The summed E-state index contributed by atoms with van der Waals surface area (Å²) in [6, 6.07) is 0. The van der Waals surface area contributed by atoms with Gasteiger partial charge in [-0.25, -0.2) is 4.79 Å². The number of ether oxygens (including phenoxy) is 2. The minimum atomic E-state index is -0.377. The predicted molar refractivity (Wildman–Crippen MR) is 64.2 cm³/mol. The summed E-state index contributed by atoms with van der Waals surface area (Å²) < 4.78 is 10.2. The summed E-state index contributed by atoms with van der Waals surface area (Å²) in [5, 5.41) is 0. The fourth-order valence-electron chi connectivity index (χ4n) is 1.12. The minimum Gasteiger partial charge on any atom is -0.469 e. The average Bonchev–Trinajstić information content (AvgIpc) is 2.25. The Morgan fingerprint density at radius 3 is 2.29 bits per heavy atom. The summed E-state index contributed by atoms with van der Waals surface area (Å²) in [7, 11) is 5.31. The zero-order chi connectivity index (χ0) is 13.5. The lowest BCUT2D eigenvalue weighted by Gasteiger charge is -2.29. The summed E-state index contributed by atoms with van der Waals surface area (Å²) >= 11 is 0. The van der Waals surface area contributed by atoms with Crippen LogP contribution in [-0.4, -0.2) is 57.3 Å². The van der Waals surface area contributed by atoms with Gasteiger partial charge in [0, 0.05) is 5.57 Å². The molecule has 0 bridgehead atoms. The molecule has 0 aromatic rings. The number of esters is 2. The molecule has 0 aromatic carbocycles. The number of rotatable bonds is 7. The smallest absolute Gasteiger partial charge is 0.333 e. The van der Waals surface area contributed by atoms with Gasteiger partial charge in [-0.05, 0) is 6.92 Å². The summed E-state index contributed by atoms with van der Waals surface area (Å²) in [6.07, 6.45) is 0.359. The van der Waals surface area contributed by atoms with E-state index in [1.165, 1.54) is 7.11 Å². The number of methoxy groups -OCH3 is 1. The van der Waals surface area contributed by atoms with Crippen molar-refractivity contribution in [3.8, 4) is 0 Å². The van der Waals surface area contributed by atoms with E-state index in [1.54, 1.807) is 6.92 Å². The third kappa shape index (κ3) is 7.52. The van der Waals surface area contributed by atoms with Crippen LogP contribution < -0.4 is 0 Å². The molecule has 0 spiro atoms. The monoisotopic (exact) mass is 244 g/mol. The molecule has 0 saturated heterocycles. The SMILES string of the molecule is C=C(C)C(=O)OCC[N+](C)(C)CCC(=O)OC. The van der Waals surface area contributed by atoms with Gasteiger partial charge >= 0.3 is 11.9 Å². The molecular formula is C12H22NO4+. The molecule has 98 valence electrons. The number of carbonyl (C=O) groups is 2. The van der Waals surface area contributed by atoms with Crippen LogP contribution in [0.5, 0.6) is 0 Å². The van der Waals surface area contributed by atoms with Gasteiger partial charge in [-0.1, -0.05) is 6.58 Å². The first-order chi connectivity index (χ1) is 7.78. The molecule has 0 aliphatic heterocycles. The molecule has 0 aliphatic carbocycles. The Balaban J connectivity index is 3.89. The molecule has 0 atom stereocenters. The Morgan fingerprint density at radius 1 is 1.24 bits per heavy atom. The van der Waals surface area contributed by atoms with E-state index >= 15 is 0 Å². The van der Waals surface area contributed by atoms with Gasteiger partial charge in [0.2, 0.25) is 0 Å².